The van der Waals surface area contributed by atoms with E-state index < -0.39 is 0 Å². The maximum atomic E-state index is 13.3. The molecule has 5 N–H and O–H groups in total. The molecular formula is C43H48N8O5. The van der Waals surface area contributed by atoms with Crippen molar-refractivity contribution in [1.29, 1.82) is 0 Å². The quantitative estimate of drug-likeness (QED) is 0.0753. The summed E-state index contributed by atoms with van der Waals surface area (Å²) >= 11 is 0. The first-order valence-corrected chi connectivity index (χ1v) is 19.0. The molecular weight excluding hydrogens is 709 g/mol. The summed E-state index contributed by atoms with van der Waals surface area (Å²) in [5.41, 5.74) is 7.23. The Morgan fingerprint density at radius 2 is 1.68 bits per heavy atom. The number of aryl methyl sites for hydroxylation is 1. The van der Waals surface area contributed by atoms with Gasteiger partial charge in [0, 0.05) is 72.6 Å². The number of hydrogen-bond donors (Lipinski definition) is 5. The van der Waals surface area contributed by atoms with Crippen molar-refractivity contribution in [2.45, 2.75) is 53.4 Å². The van der Waals surface area contributed by atoms with Crippen LogP contribution in [0.2, 0.25) is 0 Å². The SMILES string of the molecule is CCN(CC)CCNC(=O)c1c(C)[nH]c(/C=C2\C(=O)Nc3ccc(CC(=O)CCC(=O)n4ncc5ccc(NC(=O)NCCc6ccccc6)cc54)cc32)c1C. The highest BCUT2D eigenvalue weighted by molar-refractivity contribution is 6.35. The number of rotatable bonds is 16. The van der Waals surface area contributed by atoms with Crippen LogP contribution in [0.1, 0.15) is 75.5 Å². The third-order valence-electron chi connectivity index (χ3n) is 10.1. The molecule has 0 radical (unpaired) electrons. The molecule has 3 heterocycles. The van der Waals surface area contributed by atoms with Crippen molar-refractivity contribution in [3.05, 3.63) is 112 Å². The minimum atomic E-state index is -0.359. The number of ketones is 1. The number of nitrogens with one attached hydrogen (secondary N) is 5. The first-order valence-electron chi connectivity index (χ1n) is 19.0. The van der Waals surface area contributed by atoms with E-state index in [4.69, 9.17) is 0 Å². The normalized spacial score (nSPS) is 12.9. The predicted molar refractivity (Wildman–Crippen MR) is 219 cm³/mol. The summed E-state index contributed by atoms with van der Waals surface area (Å²) in [7, 11) is 0. The Balaban J connectivity index is 1.06. The van der Waals surface area contributed by atoms with Gasteiger partial charge in [-0.15, -0.1) is 0 Å². The van der Waals surface area contributed by atoms with Gasteiger partial charge >= 0.3 is 6.03 Å². The summed E-state index contributed by atoms with van der Waals surface area (Å²) in [5.74, 6) is -0.930. The van der Waals surface area contributed by atoms with Crippen molar-refractivity contribution in [1.82, 2.24) is 30.3 Å². The molecule has 0 fully saturated rings. The number of likely N-dealkylation sites (N-methyl/N-ethyl adjacent to an activating group) is 1. The molecule has 3 aromatic carbocycles. The molecule has 56 heavy (non-hydrogen) atoms. The van der Waals surface area contributed by atoms with Crippen LogP contribution >= 0.6 is 0 Å². The maximum absolute atomic E-state index is 13.3. The Kier molecular flexibility index (Phi) is 12.6. The van der Waals surface area contributed by atoms with Crippen LogP contribution in [0.4, 0.5) is 16.2 Å². The smallest absolute Gasteiger partial charge is 0.319 e. The van der Waals surface area contributed by atoms with Crippen LogP contribution < -0.4 is 21.3 Å². The second-order valence-electron chi connectivity index (χ2n) is 13.9. The Morgan fingerprint density at radius 3 is 2.45 bits per heavy atom. The molecule has 0 atom stereocenters. The van der Waals surface area contributed by atoms with Crippen LogP contribution in [0.5, 0.6) is 0 Å². The van der Waals surface area contributed by atoms with E-state index in [9.17, 15) is 24.0 Å². The monoisotopic (exact) mass is 756 g/mol. The number of anilines is 2. The fourth-order valence-electron chi connectivity index (χ4n) is 6.95. The molecule has 0 saturated heterocycles. The average Bonchev–Trinajstić information content (AvgIpc) is 3.84. The van der Waals surface area contributed by atoms with Gasteiger partial charge in [-0.3, -0.25) is 19.2 Å². The number of nitrogens with zero attached hydrogens (tertiary/aromatic N) is 3. The minimum absolute atomic E-state index is 0.000380. The molecule has 0 bridgehead atoms. The van der Waals surface area contributed by atoms with Gasteiger partial charge in [0.05, 0.1) is 22.9 Å². The summed E-state index contributed by atoms with van der Waals surface area (Å²) in [4.78, 5) is 70.7. The molecule has 4 amide bonds. The average molecular weight is 757 g/mol. The maximum Gasteiger partial charge on any atom is 0.319 e. The van der Waals surface area contributed by atoms with Crippen LogP contribution in [0, 0.1) is 13.8 Å². The molecule has 290 valence electrons. The van der Waals surface area contributed by atoms with Gasteiger partial charge in [0.2, 0.25) is 5.91 Å². The predicted octanol–water partition coefficient (Wildman–Crippen LogP) is 6.14. The molecule has 13 heteroatoms. The van der Waals surface area contributed by atoms with Crippen molar-refractivity contribution >= 4 is 63.5 Å². The topological polar surface area (TPSA) is 170 Å². The third kappa shape index (κ3) is 9.29. The van der Waals surface area contributed by atoms with E-state index in [2.05, 4.69) is 50.1 Å². The van der Waals surface area contributed by atoms with E-state index in [0.717, 1.165) is 36.1 Å². The zero-order valence-corrected chi connectivity index (χ0v) is 32.3. The lowest BCUT2D eigenvalue weighted by Crippen LogP contribution is -2.35. The van der Waals surface area contributed by atoms with Gasteiger partial charge in [-0.05, 0) is 86.5 Å². The van der Waals surface area contributed by atoms with E-state index in [1.54, 1.807) is 42.6 Å². The Morgan fingerprint density at radius 1 is 0.893 bits per heavy atom. The molecule has 1 aliphatic rings. The summed E-state index contributed by atoms with van der Waals surface area (Å²) in [6.45, 7) is 11.5. The van der Waals surface area contributed by atoms with E-state index in [0.29, 0.717) is 70.1 Å². The minimum Gasteiger partial charge on any atom is -0.358 e. The van der Waals surface area contributed by atoms with Crippen LogP contribution in [-0.4, -0.2) is 81.9 Å². The van der Waals surface area contributed by atoms with Gasteiger partial charge < -0.3 is 31.2 Å². The van der Waals surface area contributed by atoms with Crippen LogP contribution in [0.15, 0.2) is 72.9 Å². The Labute approximate surface area is 325 Å². The first-order chi connectivity index (χ1) is 27.0. The summed E-state index contributed by atoms with van der Waals surface area (Å²) in [5, 5.41) is 16.5. The zero-order chi connectivity index (χ0) is 39.8. The van der Waals surface area contributed by atoms with Crippen LogP contribution in [0.25, 0.3) is 22.6 Å². The van der Waals surface area contributed by atoms with Crippen molar-refractivity contribution in [3.8, 4) is 0 Å². The lowest BCUT2D eigenvalue weighted by Gasteiger charge is -2.18. The molecule has 0 saturated carbocycles. The lowest BCUT2D eigenvalue weighted by molar-refractivity contribution is -0.118. The van der Waals surface area contributed by atoms with Gasteiger partial charge in [0.1, 0.15) is 5.78 Å². The zero-order valence-electron chi connectivity index (χ0n) is 32.3. The second-order valence-corrected chi connectivity index (χ2v) is 13.9. The van der Waals surface area contributed by atoms with Gasteiger partial charge in [0.15, 0.2) is 0 Å². The fourth-order valence-corrected chi connectivity index (χ4v) is 6.95. The number of benzene rings is 3. The van der Waals surface area contributed by atoms with Gasteiger partial charge in [-0.2, -0.15) is 5.10 Å². The highest BCUT2D eigenvalue weighted by atomic mass is 16.2. The summed E-state index contributed by atoms with van der Waals surface area (Å²) < 4.78 is 1.26. The highest BCUT2D eigenvalue weighted by Gasteiger charge is 2.26. The number of carbonyl (C=O) groups is 5. The van der Waals surface area contributed by atoms with E-state index in [1.165, 1.54) is 4.68 Å². The molecule has 2 aromatic heterocycles. The number of H-pyrrole nitrogens is 1. The molecule has 13 nitrogen and oxygen atoms in total. The number of amides is 4. The standard InChI is InChI=1S/C43H48N8O5/c1-5-50(6-2)21-20-44-42(55)40-27(3)37(47-28(40)4)25-35-34-23-30(12-16-36(34)49-41(35)54)22-33(52)15-17-39(53)51-38-24-32(14-13-31(38)26-46-51)48-43(56)45-19-18-29-10-8-7-9-11-29/h7-14,16,23-26,47H,5-6,15,17-22H2,1-4H3,(H,44,55)(H,49,54)(H2,45,48,56)/b35-25-. The number of Topliss-reactive ketones (excluding diaryl/α,β-unsaturated/α-hetero) is 1. The fraction of sp³-hybridized carbons (Fsp3) is 0.302. The molecule has 5 aromatic rings. The third-order valence-corrected chi connectivity index (χ3v) is 10.1. The van der Waals surface area contributed by atoms with Crippen molar-refractivity contribution < 1.29 is 24.0 Å². The van der Waals surface area contributed by atoms with Gasteiger partial charge in [0.25, 0.3) is 11.8 Å². The molecule has 6 rings (SSSR count). The Bertz CT molecular complexity index is 2300. The summed E-state index contributed by atoms with van der Waals surface area (Å²) in [6.07, 6.45) is 4.04. The van der Waals surface area contributed by atoms with E-state index in [-0.39, 0.29) is 48.8 Å². The van der Waals surface area contributed by atoms with E-state index >= 15 is 0 Å². The molecule has 0 unspecified atom stereocenters. The van der Waals surface area contributed by atoms with Crippen molar-refractivity contribution in [3.63, 3.8) is 0 Å². The van der Waals surface area contributed by atoms with Crippen LogP contribution in [0.3, 0.4) is 0 Å². The first kappa shape index (κ1) is 39.4. The number of aromatic amines is 1. The van der Waals surface area contributed by atoms with E-state index in [1.807, 2.05) is 50.2 Å². The van der Waals surface area contributed by atoms with Gasteiger partial charge in [-0.1, -0.05) is 50.2 Å². The van der Waals surface area contributed by atoms with Crippen molar-refractivity contribution in [2.75, 3.05) is 43.4 Å². The molecule has 0 aliphatic carbocycles. The second kappa shape index (κ2) is 17.9. The Hall–Kier alpha value is -6.34. The summed E-state index contributed by atoms with van der Waals surface area (Å²) in [6, 6.07) is 20.1. The molecule has 1 aliphatic heterocycles. The number of urea groups is 1. The number of carbonyl (C=O) groups excluding carboxylic acids is 5. The van der Waals surface area contributed by atoms with Crippen LogP contribution in [-0.2, 0) is 22.4 Å². The van der Waals surface area contributed by atoms with Crippen molar-refractivity contribution in [2.24, 2.45) is 0 Å². The highest BCUT2D eigenvalue weighted by Crippen LogP contribution is 2.35. The lowest BCUT2D eigenvalue weighted by atomic mass is 9.98. The number of hydrogen-bond acceptors (Lipinski definition) is 7. The largest absolute Gasteiger partial charge is 0.358 e. The number of aromatic nitrogens is 3. The van der Waals surface area contributed by atoms with Gasteiger partial charge in [-0.25, -0.2) is 9.48 Å². The number of fused-ring (bicyclic) bond motifs is 2. The molecule has 0 spiro atoms.